The van der Waals surface area contributed by atoms with E-state index in [1.165, 1.54) is 5.56 Å². The molecule has 2 aromatic carbocycles. The SMILES string of the molecule is COc1ccc(C(C)(C)c2csc(N3CCN(CCCOc4cccc(C(N)=O)c4)CC3)n2)cc1. The van der Waals surface area contributed by atoms with Crippen LogP contribution in [-0.2, 0) is 5.41 Å². The van der Waals surface area contributed by atoms with Gasteiger partial charge in [-0.25, -0.2) is 4.98 Å². The summed E-state index contributed by atoms with van der Waals surface area (Å²) < 4.78 is 11.1. The van der Waals surface area contributed by atoms with Crippen LogP contribution in [0.1, 0.15) is 41.9 Å². The molecule has 0 unspecified atom stereocenters. The van der Waals surface area contributed by atoms with E-state index in [2.05, 4.69) is 41.2 Å². The molecule has 8 heteroatoms. The van der Waals surface area contributed by atoms with Crippen LogP contribution in [0.2, 0.25) is 0 Å². The first-order chi connectivity index (χ1) is 16.9. The lowest BCUT2D eigenvalue weighted by molar-refractivity contribution is 0.0999. The van der Waals surface area contributed by atoms with Crippen molar-refractivity contribution in [2.45, 2.75) is 25.7 Å². The Labute approximate surface area is 211 Å². The van der Waals surface area contributed by atoms with Crippen molar-refractivity contribution in [2.24, 2.45) is 5.73 Å². The third kappa shape index (κ3) is 6.13. The van der Waals surface area contributed by atoms with Crippen molar-refractivity contribution in [3.8, 4) is 11.5 Å². The number of nitrogens with two attached hydrogens (primary N) is 1. The first-order valence-electron chi connectivity index (χ1n) is 12.0. The Morgan fingerprint density at radius 3 is 2.51 bits per heavy atom. The number of benzene rings is 2. The topological polar surface area (TPSA) is 80.9 Å². The molecule has 2 heterocycles. The van der Waals surface area contributed by atoms with Gasteiger partial charge in [0.25, 0.3) is 0 Å². The quantitative estimate of drug-likeness (QED) is 0.426. The van der Waals surface area contributed by atoms with E-state index in [9.17, 15) is 4.79 Å². The largest absolute Gasteiger partial charge is 0.497 e. The van der Waals surface area contributed by atoms with Gasteiger partial charge in [-0.05, 0) is 42.3 Å². The summed E-state index contributed by atoms with van der Waals surface area (Å²) in [6.07, 6.45) is 0.929. The molecule has 0 aliphatic carbocycles. The van der Waals surface area contributed by atoms with Gasteiger partial charge < -0.3 is 20.1 Å². The lowest BCUT2D eigenvalue weighted by Gasteiger charge is -2.34. The summed E-state index contributed by atoms with van der Waals surface area (Å²) in [6.45, 7) is 9.99. The summed E-state index contributed by atoms with van der Waals surface area (Å²) in [5, 5.41) is 3.29. The van der Waals surface area contributed by atoms with E-state index in [0.29, 0.717) is 17.9 Å². The van der Waals surface area contributed by atoms with Crippen LogP contribution in [0.15, 0.2) is 53.9 Å². The standard InChI is InChI=1S/C27H34N4O3S/c1-27(2,21-8-10-22(33-3)11-9-21)24-19-35-26(29-24)31-15-13-30(14-16-31)12-5-17-34-23-7-4-6-20(18-23)25(28)32/h4,6-11,18-19H,5,12-17H2,1-3H3,(H2,28,32). The highest BCUT2D eigenvalue weighted by atomic mass is 32.1. The molecule has 186 valence electrons. The summed E-state index contributed by atoms with van der Waals surface area (Å²) in [5.74, 6) is 1.11. The summed E-state index contributed by atoms with van der Waals surface area (Å²) in [7, 11) is 1.69. The number of nitrogens with zero attached hydrogens (tertiary/aromatic N) is 3. The van der Waals surface area contributed by atoms with E-state index in [4.69, 9.17) is 20.2 Å². The average molecular weight is 495 g/mol. The molecule has 1 aromatic heterocycles. The van der Waals surface area contributed by atoms with Gasteiger partial charge in [-0.2, -0.15) is 0 Å². The molecule has 0 atom stereocenters. The van der Waals surface area contributed by atoms with Gasteiger partial charge in [0.2, 0.25) is 5.91 Å². The number of carbonyl (C=O) groups is 1. The number of hydrogen-bond acceptors (Lipinski definition) is 7. The zero-order valence-corrected chi connectivity index (χ0v) is 21.5. The Bertz CT molecular complexity index is 1120. The third-order valence-electron chi connectivity index (χ3n) is 6.59. The van der Waals surface area contributed by atoms with Crippen LogP contribution in [0.4, 0.5) is 5.13 Å². The average Bonchev–Trinajstić information content (AvgIpc) is 3.38. The molecule has 1 fully saturated rings. The van der Waals surface area contributed by atoms with Crippen molar-refractivity contribution < 1.29 is 14.3 Å². The van der Waals surface area contributed by atoms with Gasteiger partial charge in [0.15, 0.2) is 5.13 Å². The monoisotopic (exact) mass is 494 g/mol. The van der Waals surface area contributed by atoms with E-state index in [1.807, 2.05) is 18.2 Å². The highest BCUT2D eigenvalue weighted by molar-refractivity contribution is 7.13. The number of ether oxygens (including phenoxy) is 2. The molecule has 4 rings (SSSR count). The molecule has 1 aliphatic heterocycles. The number of amides is 1. The van der Waals surface area contributed by atoms with Crippen LogP contribution in [0, 0.1) is 0 Å². The smallest absolute Gasteiger partial charge is 0.248 e. The first kappa shape index (κ1) is 25.0. The zero-order chi connectivity index (χ0) is 24.8. The lowest BCUT2D eigenvalue weighted by atomic mass is 9.82. The maximum atomic E-state index is 11.3. The van der Waals surface area contributed by atoms with Crippen molar-refractivity contribution in [2.75, 3.05) is 51.3 Å². The van der Waals surface area contributed by atoms with E-state index in [0.717, 1.165) is 55.7 Å². The van der Waals surface area contributed by atoms with Crippen LogP contribution >= 0.6 is 11.3 Å². The summed E-state index contributed by atoms with van der Waals surface area (Å²) in [4.78, 5) is 21.2. The Hall–Kier alpha value is -3.10. The molecule has 1 aliphatic rings. The molecule has 0 saturated carbocycles. The minimum Gasteiger partial charge on any atom is -0.497 e. The van der Waals surface area contributed by atoms with E-state index >= 15 is 0 Å². The van der Waals surface area contributed by atoms with E-state index < -0.39 is 5.91 Å². The molecular formula is C27H34N4O3S. The van der Waals surface area contributed by atoms with Crippen molar-refractivity contribution in [3.63, 3.8) is 0 Å². The number of anilines is 1. The second-order valence-corrected chi connectivity index (χ2v) is 10.1. The van der Waals surface area contributed by atoms with Crippen LogP contribution < -0.4 is 20.1 Å². The molecular weight excluding hydrogens is 460 g/mol. The molecule has 7 nitrogen and oxygen atoms in total. The molecule has 1 amide bonds. The molecule has 2 N–H and O–H groups in total. The van der Waals surface area contributed by atoms with Gasteiger partial charge in [0.05, 0.1) is 19.4 Å². The highest BCUT2D eigenvalue weighted by Gasteiger charge is 2.28. The predicted molar refractivity (Wildman–Crippen MR) is 141 cm³/mol. The highest BCUT2D eigenvalue weighted by Crippen LogP contribution is 2.35. The second kappa shape index (κ2) is 11.1. The Kier molecular flexibility index (Phi) is 7.93. The molecule has 1 saturated heterocycles. The van der Waals surface area contributed by atoms with E-state index in [1.54, 1.807) is 36.6 Å². The number of thiazole rings is 1. The van der Waals surface area contributed by atoms with Gasteiger partial charge in [-0.15, -0.1) is 11.3 Å². The minimum absolute atomic E-state index is 0.167. The predicted octanol–water partition coefficient (Wildman–Crippen LogP) is 4.17. The maximum Gasteiger partial charge on any atom is 0.248 e. The molecule has 35 heavy (non-hydrogen) atoms. The summed E-state index contributed by atoms with van der Waals surface area (Å²) in [5.41, 5.74) is 7.96. The number of piperazine rings is 1. The van der Waals surface area contributed by atoms with Gasteiger partial charge in [0, 0.05) is 49.1 Å². The second-order valence-electron chi connectivity index (χ2n) is 9.29. The van der Waals surface area contributed by atoms with Gasteiger partial charge in [-0.1, -0.05) is 32.0 Å². The van der Waals surface area contributed by atoms with Crippen molar-refractivity contribution in [1.29, 1.82) is 0 Å². The Balaban J connectivity index is 1.24. The molecule has 0 radical (unpaired) electrons. The van der Waals surface area contributed by atoms with Crippen LogP contribution in [-0.4, -0.2) is 62.2 Å². The normalized spacial score (nSPS) is 14.7. The number of primary amides is 1. The maximum absolute atomic E-state index is 11.3. The fraction of sp³-hybridized carbons (Fsp3) is 0.407. The van der Waals surface area contributed by atoms with Crippen molar-refractivity contribution in [1.82, 2.24) is 9.88 Å². The Morgan fingerprint density at radius 1 is 1.09 bits per heavy atom. The van der Waals surface area contributed by atoms with Gasteiger partial charge in [0.1, 0.15) is 11.5 Å². The number of rotatable bonds is 10. The molecule has 3 aromatic rings. The fourth-order valence-corrected chi connectivity index (χ4v) is 5.28. The minimum atomic E-state index is -0.440. The van der Waals surface area contributed by atoms with Crippen molar-refractivity contribution >= 4 is 22.4 Å². The van der Waals surface area contributed by atoms with Crippen LogP contribution in [0.25, 0.3) is 0 Å². The van der Waals surface area contributed by atoms with E-state index in [-0.39, 0.29) is 5.41 Å². The van der Waals surface area contributed by atoms with Crippen LogP contribution in [0.5, 0.6) is 11.5 Å². The number of aromatic nitrogens is 1. The molecule has 0 bridgehead atoms. The third-order valence-corrected chi connectivity index (χ3v) is 7.49. The van der Waals surface area contributed by atoms with Gasteiger partial charge in [-0.3, -0.25) is 9.69 Å². The molecule has 0 spiro atoms. The Morgan fingerprint density at radius 2 is 1.83 bits per heavy atom. The number of methoxy groups -OCH3 is 1. The zero-order valence-electron chi connectivity index (χ0n) is 20.7. The van der Waals surface area contributed by atoms with Gasteiger partial charge >= 0.3 is 0 Å². The summed E-state index contributed by atoms with van der Waals surface area (Å²) in [6, 6.07) is 15.3. The lowest BCUT2D eigenvalue weighted by Crippen LogP contribution is -2.46. The van der Waals surface area contributed by atoms with Crippen LogP contribution in [0.3, 0.4) is 0 Å². The number of hydrogen-bond donors (Lipinski definition) is 1. The number of carbonyl (C=O) groups excluding carboxylic acids is 1. The fourth-order valence-electron chi connectivity index (χ4n) is 4.23. The summed E-state index contributed by atoms with van der Waals surface area (Å²) >= 11 is 1.73. The first-order valence-corrected chi connectivity index (χ1v) is 12.9. The van der Waals surface area contributed by atoms with Crippen molar-refractivity contribution in [3.05, 3.63) is 70.7 Å².